The first kappa shape index (κ1) is 15.0. The number of hydrogen-bond acceptors (Lipinski definition) is 4. The number of ether oxygens (including phenoxy) is 1. The number of amides is 2. The largest absolute Gasteiger partial charge is 0.467 e. The van der Waals surface area contributed by atoms with Crippen molar-refractivity contribution in [3.05, 3.63) is 18.2 Å². The van der Waals surface area contributed by atoms with Crippen molar-refractivity contribution >= 4 is 12.0 Å². The van der Waals surface area contributed by atoms with E-state index in [1.54, 1.807) is 6.20 Å². The van der Waals surface area contributed by atoms with Gasteiger partial charge in [-0.3, -0.25) is 0 Å². The van der Waals surface area contributed by atoms with E-state index in [-0.39, 0.29) is 5.54 Å². The van der Waals surface area contributed by atoms with Crippen molar-refractivity contribution in [1.82, 2.24) is 20.6 Å². The van der Waals surface area contributed by atoms with Crippen molar-refractivity contribution < 1.29 is 14.3 Å². The van der Waals surface area contributed by atoms with Crippen molar-refractivity contribution in [3.8, 4) is 0 Å². The second-order valence-electron chi connectivity index (χ2n) is 5.21. The Bertz CT molecular complexity index is 423. The van der Waals surface area contributed by atoms with E-state index in [4.69, 9.17) is 0 Å². The Labute approximate surface area is 112 Å². The van der Waals surface area contributed by atoms with Gasteiger partial charge in [-0.25, -0.2) is 14.6 Å². The van der Waals surface area contributed by atoms with E-state index in [0.717, 1.165) is 5.69 Å². The van der Waals surface area contributed by atoms with Gasteiger partial charge in [0, 0.05) is 23.9 Å². The summed E-state index contributed by atoms with van der Waals surface area (Å²) < 4.78 is 4.68. The van der Waals surface area contributed by atoms with Gasteiger partial charge in [-0.1, -0.05) is 0 Å². The Balaban J connectivity index is 2.65. The number of aromatic nitrogens is 2. The molecule has 0 spiro atoms. The third kappa shape index (κ3) is 5.41. The zero-order chi connectivity index (χ0) is 14.5. The number of carbonyl (C=O) groups excluding carboxylic acids is 2. The van der Waals surface area contributed by atoms with E-state index in [1.807, 2.05) is 20.8 Å². The number of methoxy groups -OCH3 is 1. The highest BCUT2D eigenvalue weighted by Gasteiger charge is 2.24. The molecule has 0 saturated carbocycles. The number of hydrogen-bond donors (Lipinski definition) is 3. The molecule has 1 aromatic rings. The molecule has 1 heterocycles. The molecule has 7 nitrogen and oxygen atoms in total. The van der Waals surface area contributed by atoms with Crippen LogP contribution in [0.4, 0.5) is 4.79 Å². The minimum atomic E-state index is -0.757. The molecule has 1 aromatic heterocycles. The van der Waals surface area contributed by atoms with Crippen LogP contribution in [0.1, 0.15) is 26.5 Å². The van der Waals surface area contributed by atoms with Crippen LogP contribution in [-0.2, 0) is 16.0 Å². The van der Waals surface area contributed by atoms with Gasteiger partial charge in [0.05, 0.1) is 13.4 Å². The average Bonchev–Trinajstić information content (AvgIpc) is 2.77. The predicted octanol–water partition coefficient (Wildman–Crippen LogP) is 0.591. The molecule has 7 heteroatoms. The number of imidazole rings is 1. The molecule has 0 aliphatic heterocycles. The molecule has 0 saturated heterocycles. The summed E-state index contributed by atoms with van der Waals surface area (Å²) in [6, 6.07) is -1.17. The van der Waals surface area contributed by atoms with Gasteiger partial charge in [0.1, 0.15) is 6.04 Å². The van der Waals surface area contributed by atoms with Crippen molar-refractivity contribution in [1.29, 1.82) is 0 Å². The Kier molecular flexibility index (Phi) is 4.91. The van der Waals surface area contributed by atoms with Crippen LogP contribution in [0.2, 0.25) is 0 Å². The van der Waals surface area contributed by atoms with Crippen molar-refractivity contribution in [3.63, 3.8) is 0 Å². The average molecular weight is 268 g/mol. The molecule has 0 radical (unpaired) electrons. The van der Waals surface area contributed by atoms with Crippen LogP contribution in [0.15, 0.2) is 12.5 Å². The van der Waals surface area contributed by atoms with Gasteiger partial charge in [-0.15, -0.1) is 0 Å². The maximum Gasteiger partial charge on any atom is 0.328 e. The monoisotopic (exact) mass is 268 g/mol. The number of H-pyrrole nitrogens is 1. The molecule has 106 valence electrons. The molecule has 0 aliphatic carbocycles. The number of urea groups is 1. The van der Waals surface area contributed by atoms with E-state index in [0.29, 0.717) is 6.42 Å². The number of nitrogens with one attached hydrogen (secondary N) is 3. The first-order valence-electron chi connectivity index (χ1n) is 5.95. The van der Waals surface area contributed by atoms with Gasteiger partial charge in [-0.05, 0) is 20.8 Å². The molecule has 0 unspecified atom stereocenters. The Hall–Kier alpha value is -2.05. The third-order valence-corrected chi connectivity index (χ3v) is 2.26. The summed E-state index contributed by atoms with van der Waals surface area (Å²) in [4.78, 5) is 30.1. The van der Waals surface area contributed by atoms with Gasteiger partial charge in [0.25, 0.3) is 0 Å². The van der Waals surface area contributed by atoms with Crippen LogP contribution in [0.3, 0.4) is 0 Å². The molecular weight excluding hydrogens is 248 g/mol. The molecule has 19 heavy (non-hydrogen) atoms. The van der Waals surface area contributed by atoms with Gasteiger partial charge in [0.15, 0.2) is 0 Å². The standard InChI is InChI=1S/C12H20N4O3/c1-12(2,3)16-11(18)15-9(10(17)19-4)5-8-6-13-7-14-8/h6-7,9H,5H2,1-4H3,(H,13,14)(H2,15,16,18)/t9-/m0/s1. The summed E-state index contributed by atoms with van der Waals surface area (Å²) >= 11 is 0. The number of aromatic amines is 1. The van der Waals surface area contributed by atoms with Crippen LogP contribution in [-0.4, -0.2) is 40.7 Å². The van der Waals surface area contributed by atoms with E-state index in [1.165, 1.54) is 13.4 Å². The highest BCUT2D eigenvalue weighted by molar-refractivity contribution is 5.84. The smallest absolute Gasteiger partial charge is 0.328 e. The van der Waals surface area contributed by atoms with Crippen molar-refractivity contribution in [2.45, 2.75) is 38.8 Å². The van der Waals surface area contributed by atoms with Gasteiger partial charge < -0.3 is 20.4 Å². The molecule has 3 N–H and O–H groups in total. The number of carbonyl (C=O) groups is 2. The highest BCUT2D eigenvalue weighted by Crippen LogP contribution is 2.02. The molecule has 2 amide bonds. The highest BCUT2D eigenvalue weighted by atomic mass is 16.5. The topological polar surface area (TPSA) is 96.1 Å². The zero-order valence-electron chi connectivity index (χ0n) is 11.6. The van der Waals surface area contributed by atoms with Crippen LogP contribution >= 0.6 is 0 Å². The third-order valence-electron chi connectivity index (χ3n) is 2.26. The normalized spacial score (nSPS) is 12.6. The molecule has 0 aliphatic rings. The molecule has 0 bridgehead atoms. The van der Waals surface area contributed by atoms with E-state index in [2.05, 4.69) is 25.3 Å². The van der Waals surface area contributed by atoms with Gasteiger partial charge in [0.2, 0.25) is 0 Å². The number of nitrogens with zero attached hydrogens (tertiary/aromatic N) is 1. The van der Waals surface area contributed by atoms with E-state index in [9.17, 15) is 9.59 Å². The van der Waals surface area contributed by atoms with E-state index < -0.39 is 18.0 Å². The van der Waals surface area contributed by atoms with Gasteiger partial charge >= 0.3 is 12.0 Å². The molecule has 0 aromatic carbocycles. The SMILES string of the molecule is COC(=O)[C@H](Cc1cnc[nH]1)NC(=O)NC(C)(C)C. The second-order valence-corrected chi connectivity index (χ2v) is 5.21. The zero-order valence-corrected chi connectivity index (χ0v) is 11.6. The lowest BCUT2D eigenvalue weighted by atomic mass is 10.1. The Morgan fingerprint density at radius 2 is 2.16 bits per heavy atom. The summed E-state index contributed by atoms with van der Waals surface area (Å²) in [5.41, 5.74) is 0.366. The van der Waals surface area contributed by atoms with Crippen LogP contribution in [0.5, 0.6) is 0 Å². The van der Waals surface area contributed by atoms with Crippen LogP contribution in [0.25, 0.3) is 0 Å². The number of esters is 1. The summed E-state index contributed by atoms with van der Waals surface area (Å²) in [7, 11) is 1.28. The first-order valence-corrected chi connectivity index (χ1v) is 5.95. The van der Waals surface area contributed by atoms with E-state index >= 15 is 0 Å². The fourth-order valence-corrected chi connectivity index (χ4v) is 1.49. The predicted molar refractivity (Wildman–Crippen MR) is 69.5 cm³/mol. The maximum atomic E-state index is 11.8. The van der Waals surface area contributed by atoms with Crippen LogP contribution < -0.4 is 10.6 Å². The molecule has 0 fully saturated rings. The molecular formula is C12H20N4O3. The molecule has 1 rings (SSSR count). The van der Waals surface area contributed by atoms with Crippen molar-refractivity contribution in [2.24, 2.45) is 0 Å². The first-order chi connectivity index (χ1) is 8.81. The van der Waals surface area contributed by atoms with Crippen molar-refractivity contribution in [2.75, 3.05) is 7.11 Å². The number of rotatable bonds is 4. The van der Waals surface area contributed by atoms with Gasteiger partial charge in [-0.2, -0.15) is 0 Å². The Morgan fingerprint density at radius 3 is 2.63 bits per heavy atom. The molecule has 1 atom stereocenters. The maximum absolute atomic E-state index is 11.8. The second kappa shape index (κ2) is 6.21. The Morgan fingerprint density at radius 1 is 1.47 bits per heavy atom. The summed E-state index contributed by atoms with van der Waals surface area (Å²) in [6.45, 7) is 5.57. The summed E-state index contributed by atoms with van der Waals surface area (Å²) in [6.07, 6.45) is 3.41. The lowest BCUT2D eigenvalue weighted by molar-refractivity contribution is -0.142. The quantitative estimate of drug-likeness (QED) is 0.696. The lowest BCUT2D eigenvalue weighted by Gasteiger charge is -2.23. The summed E-state index contributed by atoms with van der Waals surface area (Å²) in [5, 5.41) is 5.31. The van der Waals surface area contributed by atoms with Crippen LogP contribution in [0, 0.1) is 0 Å². The fraction of sp³-hybridized carbons (Fsp3) is 0.583. The minimum absolute atomic E-state index is 0.296. The lowest BCUT2D eigenvalue weighted by Crippen LogP contribution is -2.52. The summed E-state index contributed by atoms with van der Waals surface area (Å²) in [5.74, 6) is -0.501. The fourth-order valence-electron chi connectivity index (χ4n) is 1.49. The minimum Gasteiger partial charge on any atom is -0.467 e.